The number of hydrogen-bond donors (Lipinski definition) is 1. The highest BCUT2D eigenvalue weighted by Gasteiger charge is 2.23. The number of hydrogen-bond acceptors (Lipinski definition) is 5. The average molecular weight is 359 g/mol. The molecule has 1 aromatic heterocycles. The molecule has 0 saturated carbocycles. The van der Waals surface area contributed by atoms with Gasteiger partial charge in [0.2, 0.25) is 0 Å². The summed E-state index contributed by atoms with van der Waals surface area (Å²) in [6.07, 6.45) is 1.92. The molecule has 0 spiro atoms. The smallest absolute Gasteiger partial charge is 0.337 e. The number of carbonyl (C=O) groups is 1. The second-order valence-corrected chi connectivity index (χ2v) is 7.18. The summed E-state index contributed by atoms with van der Waals surface area (Å²) >= 11 is 0. The summed E-state index contributed by atoms with van der Waals surface area (Å²) in [6, 6.07) is 14.0. The van der Waals surface area contributed by atoms with Gasteiger partial charge in [0, 0.05) is 22.7 Å². The Morgan fingerprint density at radius 3 is 2.40 bits per heavy atom. The maximum absolute atomic E-state index is 11.8. The molecular formula is C18H17NO5S. The van der Waals surface area contributed by atoms with Crippen LogP contribution in [0.2, 0.25) is 0 Å². The van der Waals surface area contributed by atoms with Gasteiger partial charge in [0.1, 0.15) is 6.10 Å². The van der Waals surface area contributed by atoms with Crippen LogP contribution in [0.15, 0.2) is 54.7 Å². The minimum atomic E-state index is -3.70. The molecule has 7 heteroatoms. The van der Waals surface area contributed by atoms with Gasteiger partial charge in [-0.2, -0.15) is 8.42 Å². The Morgan fingerprint density at radius 1 is 1.08 bits per heavy atom. The van der Waals surface area contributed by atoms with Gasteiger partial charge in [-0.05, 0) is 23.8 Å². The highest BCUT2D eigenvalue weighted by molar-refractivity contribution is 7.86. The summed E-state index contributed by atoms with van der Waals surface area (Å²) in [5.41, 5.74) is 2.57. The lowest BCUT2D eigenvalue weighted by Gasteiger charge is -2.17. The largest absolute Gasteiger partial charge is 0.465 e. The fraction of sp³-hybridized carbons (Fsp3) is 0.167. The number of ether oxygens (including phenoxy) is 1. The second kappa shape index (κ2) is 6.70. The first-order valence-electron chi connectivity index (χ1n) is 7.51. The Balaban J connectivity index is 2.08. The van der Waals surface area contributed by atoms with Crippen molar-refractivity contribution >= 4 is 27.0 Å². The van der Waals surface area contributed by atoms with Gasteiger partial charge in [0.05, 0.1) is 18.9 Å². The first kappa shape index (κ1) is 17.2. The quantitative estimate of drug-likeness (QED) is 0.559. The minimum absolute atomic E-state index is 0.378. The number of fused-ring (bicyclic) bond motifs is 1. The highest BCUT2D eigenvalue weighted by Crippen LogP contribution is 2.33. The molecule has 0 saturated heterocycles. The first-order valence-corrected chi connectivity index (χ1v) is 9.33. The van der Waals surface area contributed by atoms with Crippen molar-refractivity contribution < 1.29 is 22.1 Å². The van der Waals surface area contributed by atoms with Gasteiger partial charge in [0.25, 0.3) is 10.1 Å². The number of H-pyrrole nitrogens is 1. The van der Waals surface area contributed by atoms with Crippen LogP contribution in [0.3, 0.4) is 0 Å². The predicted octanol–water partition coefficient (Wildman–Crippen LogP) is 3.02. The van der Waals surface area contributed by atoms with Crippen molar-refractivity contribution in [2.45, 2.75) is 6.10 Å². The number of methoxy groups -OCH3 is 1. The molecule has 0 bridgehead atoms. The summed E-state index contributed by atoms with van der Waals surface area (Å²) in [5.74, 6) is -0.459. The lowest BCUT2D eigenvalue weighted by atomic mass is 10.00. The number of esters is 1. The number of para-hydroxylation sites is 1. The Morgan fingerprint density at radius 2 is 1.76 bits per heavy atom. The van der Waals surface area contributed by atoms with E-state index in [1.807, 2.05) is 24.3 Å². The molecule has 0 aliphatic rings. The summed E-state index contributed by atoms with van der Waals surface area (Å²) in [4.78, 5) is 14.7. The summed E-state index contributed by atoms with van der Waals surface area (Å²) < 4.78 is 33.5. The number of aromatic nitrogens is 1. The van der Waals surface area contributed by atoms with E-state index in [2.05, 4.69) is 9.72 Å². The number of aromatic amines is 1. The van der Waals surface area contributed by atoms with Gasteiger partial charge in [-0.25, -0.2) is 4.79 Å². The Hall–Kier alpha value is -2.64. The first-order chi connectivity index (χ1) is 11.9. The summed E-state index contributed by atoms with van der Waals surface area (Å²) in [6.45, 7) is 0. The molecule has 1 heterocycles. The molecule has 2 aromatic carbocycles. The zero-order valence-corrected chi connectivity index (χ0v) is 14.5. The molecule has 0 radical (unpaired) electrons. The van der Waals surface area contributed by atoms with Crippen LogP contribution in [-0.2, 0) is 19.0 Å². The van der Waals surface area contributed by atoms with Gasteiger partial charge >= 0.3 is 5.97 Å². The second-order valence-electron chi connectivity index (χ2n) is 5.58. The number of rotatable bonds is 5. The van der Waals surface area contributed by atoms with Crippen LogP contribution in [0.4, 0.5) is 0 Å². The van der Waals surface area contributed by atoms with E-state index in [9.17, 15) is 13.2 Å². The molecule has 0 aliphatic carbocycles. The van der Waals surface area contributed by atoms with Gasteiger partial charge in [-0.3, -0.25) is 4.18 Å². The van der Waals surface area contributed by atoms with Crippen molar-refractivity contribution in [1.82, 2.24) is 4.98 Å². The zero-order chi connectivity index (χ0) is 18.0. The predicted molar refractivity (Wildman–Crippen MR) is 93.9 cm³/mol. The van der Waals surface area contributed by atoms with Crippen molar-refractivity contribution in [2.75, 3.05) is 13.4 Å². The molecule has 1 atom stereocenters. The van der Waals surface area contributed by atoms with Crippen molar-refractivity contribution in [1.29, 1.82) is 0 Å². The topological polar surface area (TPSA) is 85.5 Å². The fourth-order valence-electron chi connectivity index (χ4n) is 2.68. The summed E-state index contributed by atoms with van der Waals surface area (Å²) in [5, 5.41) is 0.869. The number of carbonyl (C=O) groups excluding carboxylic acids is 1. The molecule has 1 unspecified atom stereocenters. The maximum Gasteiger partial charge on any atom is 0.337 e. The molecule has 1 N–H and O–H groups in total. The molecule has 0 aliphatic heterocycles. The molecule has 25 heavy (non-hydrogen) atoms. The van der Waals surface area contributed by atoms with Gasteiger partial charge < -0.3 is 9.72 Å². The standard InChI is InChI=1S/C18H17NO5S/c1-23-18(20)13-9-7-12(8-10-13)17(24-25(2,21)22)15-11-19-16-6-4-3-5-14(15)16/h3-11,17,19H,1-2H3. The van der Waals surface area contributed by atoms with Crippen LogP contribution in [0.25, 0.3) is 10.9 Å². The molecule has 3 aromatic rings. The Labute approximate surface area is 145 Å². The third kappa shape index (κ3) is 3.72. The normalized spacial score (nSPS) is 12.9. The van der Waals surface area contributed by atoms with Gasteiger partial charge in [-0.15, -0.1) is 0 Å². The van der Waals surface area contributed by atoms with Crippen LogP contribution in [0, 0.1) is 0 Å². The third-order valence-electron chi connectivity index (χ3n) is 3.81. The minimum Gasteiger partial charge on any atom is -0.465 e. The van der Waals surface area contributed by atoms with E-state index in [-0.39, 0.29) is 0 Å². The van der Waals surface area contributed by atoms with Gasteiger partial charge in [0.15, 0.2) is 0 Å². The van der Waals surface area contributed by atoms with E-state index in [1.165, 1.54) is 7.11 Å². The van der Waals surface area contributed by atoms with Crippen molar-refractivity contribution in [3.63, 3.8) is 0 Å². The van der Waals surface area contributed by atoms with Crippen LogP contribution >= 0.6 is 0 Å². The summed E-state index contributed by atoms with van der Waals surface area (Å²) in [7, 11) is -2.40. The van der Waals surface area contributed by atoms with Crippen LogP contribution in [-0.4, -0.2) is 32.7 Å². The molecule has 6 nitrogen and oxygen atoms in total. The lowest BCUT2D eigenvalue weighted by molar-refractivity contribution is 0.0600. The van der Waals surface area contributed by atoms with Crippen LogP contribution in [0.5, 0.6) is 0 Å². The number of benzene rings is 2. The van der Waals surface area contributed by atoms with E-state index in [1.54, 1.807) is 30.5 Å². The third-order valence-corrected chi connectivity index (χ3v) is 4.35. The average Bonchev–Trinajstić information content (AvgIpc) is 3.02. The molecule has 0 amide bonds. The van der Waals surface area contributed by atoms with E-state index in [0.717, 1.165) is 17.2 Å². The van der Waals surface area contributed by atoms with Gasteiger partial charge in [-0.1, -0.05) is 30.3 Å². The Kier molecular flexibility index (Phi) is 4.61. The van der Waals surface area contributed by atoms with E-state index in [4.69, 9.17) is 4.18 Å². The maximum atomic E-state index is 11.8. The Bertz CT molecular complexity index is 1010. The SMILES string of the molecule is COC(=O)c1ccc(C(OS(C)(=O)=O)c2c[nH]c3ccccc23)cc1. The lowest BCUT2D eigenvalue weighted by Crippen LogP contribution is -2.12. The zero-order valence-electron chi connectivity index (χ0n) is 13.7. The van der Waals surface area contributed by atoms with Crippen molar-refractivity contribution in [3.05, 3.63) is 71.4 Å². The number of nitrogens with one attached hydrogen (secondary N) is 1. The monoisotopic (exact) mass is 359 g/mol. The molecule has 130 valence electrons. The molecule has 0 fully saturated rings. The van der Waals surface area contributed by atoms with Crippen LogP contribution in [0.1, 0.15) is 27.6 Å². The molecule has 3 rings (SSSR count). The van der Waals surface area contributed by atoms with E-state index >= 15 is 0 Å². The fourth-order valence-corrected chi connectivity index (χ4v) is 3.25. The molecular weight excluding hydrogens is 342 g/mol. The highest BCUT2D eigenvalue weighted by atomic mass is 32.2. The van der Waals surface area contributed by atoms with E-state index < -0.39 is 22.2 Å². The van der Waals surface area contributed by atoms with Crippen LogP contribution < -0.4 is 0 Å². The van der Waals surface area contributed by atoms with Crippen molar-refractivity contribution in [3.8, 4) is 0 Å². The van der Waals surface area contributed by atoms with E-state index in [0.29, 0.717) is 16.7 Å². The van der Waals surface area contributed by atoms with Crippen molar-refractivity contribution in [2.24, 2.45) is 0 Å².